The van der Waals surface area contributed by atoms with Crippen molar-refractivity contribution in [1.82, 2.24) is 9.88 Å². The SMILES string of the molecule is COCCCCn1ccc2cc(CNCC(C)C)ccc21. The predicted molar refractivity (Wildman–Crippen MR) is 89.6 cm³/mol. The Hall–Kier alpha value is -1.32. The third-order valence-electron chi connectivity index (χ3n) is 3.71. The van der Waals surface area contributed by atoms with Crippen molar-refractivity contribution in [2.45, 2.75) is 39.8 Å². The van der Waals surface area contributed by atoms with Gasteiger partial charge in [-0.3, -0.25) is 0 Å². The van der Waals surface area contributed by atoms with Crippen molar-refractivity contribution < 1.29 is 4.74 Å². The molecule has 2 rings (SSSR count). The van der Waals surface area contributed by atoms with Crippen LogP contribution in [-0.4, -0.2) is 24.8 Å². The highest BCUT2D eigenvalue weighted by Gasteiger charge is 2.03. The smallest absolute Gasteiger partial charge is 0.0480 e. The average Bonchev–Trinajstić information content (AvgIpc) is 2.86. The molecule has 116 valence electrons. The number of fused-ring (bicyclic) bond motifs is 1. The second-order valence-corrected chi connectivity index (χ2v) is 6.13. The van der Waals surface area contributed by atoms with Gasteiger partial charge >= 0.3 is 0 Å². The van der Waals surface area contributed by atoms with Crippen molar-refractivity contribution in [2.24, 2.45) is 5.92 Å². The first-order valence-corrected chi connectivity index (χ1v) is 7.98. The van der Waals surface area contributed by atoms with E-state index in [1.54, 1.807) is 7.11 Å². The van der Waals surface area contributed by atoms with Gasteiger partial charge in [0.25, 0.3) is 0 Å². The molecule has 1 heterocycles. The molecule has 0 aliphatic carbocycles. The normalized spacial score (nSPS) is 11.6. The highest BCUT2D eigenvalue weighted by Crippen LogP contribution is 2.18. The zero-order valence-electron chi connectivity index (χ0n) is 13.6. The monoisotopic (exact) mass is 288 g/mol. The lowest BCUT2D eigenvalue weighted by atomic mass is 10.1. The van der Waals surface area contributed by atoms with Gasteiger partial charge in [0.05, 0.1) is 0 Å². The molecule has 3 heteroatoms. The minimum absolute atomic E-state index is 0.696. The number of hydrogen-bond acceptors (Lipinski definition) is 2. The molecule has 0 saturated heterocycles. The minimum atomic E-state index is 0.696. The number of nitrogens with zero attached hydrogens (tertiary/aromatic N) is 1. The van der Waals surface area contributed by atoms with Crippen LogP contribution >= 0.6 is 0 Å². The van der Waals surface area contributed by atoms with Gasteiger partial charge in [0, 0.05) is 38.5 Å². The third-order valence-corrected chi connectivity index (χ3v) is 3.71. The summed E-state index contributed by atoms with van der Waals surface area (Å²) < 4.78 is 7.45. The number of nitrogens with one attached hydrogen (secondary N) is 1. The maximum Gasteiger partial charge on any atom is 0.0480 e. The van der Waals surface area contributed by atoms with Crippen molar-refractivity contribution in [1.29, 1.82) is 0 Å². The first-order valence-electron chi connectivity index (χ1n) is 7.98. The van der Waals surface area contributed by atoms with E-state index in [-0.39, 0.29) is 0 Å². The Balaban J connectivity index is 1.94. The van der Waals surface area contributed by atoms with Gasteiger partial charge in [-0.2, -0.15) is 0 Å². The molecule has 0 atom stereocenters. The first-order chi connectivity index (χ1) is 10.2. The Morgan fingerprint density at radius 3 is 2.81 bits per heavy atom. The number of ether oxygens (including phenoxy) is 1. The van der Waals surface area contributed by atoms with Gasteiger partial charge in [-0.25, -0.2) is 0 Å². The van der Waals surface area contributed by atoms with E-state index in [2.05, 4.69) is 54.2 Å². The van der Waals surface area contributed by atoms with E-state index < -0.39 is 0 Å². The summed E-state index contributed by atoms with van der Waals surface area (Å²) in [6, 6.07) is 9.01. The summed E-state index contributed by atoms with van der Waals surface area (Å²) in [5, 5.41) is 4.84. The highest BCUT2D eigenvalue weighted by molar-refractivity contribution is 5.80. The molecule has 1 aromatic carbocycles. The first kappa shape index (κ1) is 16.1. The molecule has 0 radical (unpaired) electrons. The molecule has 0 aliphatic heterocycles. The lowest BCUT2D eigenvalue weighted by Gasteiger charge is -2.09. The summed E-state index contributed by atoms with van der Waals surface area (Å²) >= 11 is 0. The van der Waals surface area contributed by atoms with E-state index >= 15 is 0 Å². The second-order valence-electron chi connectivity index (χ2n) is 6.13. The molecule has 3 nitrogen and oxygen atoms in total. The van der Waals surface area contributed by atoms with Crippen LogP contribution in [0.4, 0.5) is 0 Å². The van der Waals surface area contributed by atoms with Crippen molar-refractivity contribution in [3.8, 4) is 0 Å². The molecule has 0 saturated carbocycles. The summed E-state index contributed by atoms with van der Waals surface area (Å²) in [7, 11) is 1.76. The minimum Gasteiger partial charge on any atom is -0.385 e. The predicted octanol–water partition coefficient (Wildman–Crippen LogP) is 3.81. The fourth-order valence-electron chi connectivity index (χ4n) is 2.59. The van der Waals surface area contributed by atoms with Crippen LogP contribution in [0, 0.1) is 5.92 Å². The van der Waals surface area contributed by atoms with Gasteiger partial charge in [0.1, 0.15) is 0 Å². The van der Waals surface area contributed by atoms with Crippen LogP contribution in [0.1, 0.15) is 32.3 Å². The molecule has 0 aliphatic rings. The Kier molecular flexibility index (Phi) is 6.27. The Morgan fingerprint density at radius 1 is 1.19 bits per heavy atom. The molecule has 2 aromatic rings. The van der Waals surface area contributed by atoms with Gasteiger partial charge in [-0.1, -0.05) is 19.9 Å². The third kappa shape index (κ3) is 4.87. The summed E-state index contributed by atoms with van der Waals surface area (Å²) in [6.07, 6.45) is 4.48. The van der Waals surface area contributed by atoms with E-state index in [0.717, 1.165) is 39.1 Å². The van der Waals surface area contributed by atoms with Crippen LogP contribution in [0.15, 0.2) is 30.5 Å². The van der Waals surface area contributed by atoms with E-state index in [1.165, 1.54) is 16.5 Å². The molecule has 1 aromatic heterocycles. The summed E-state index contributed by atoms with van der Waals surface area (Å²) in [4.78, 5) is 0. The number of aryl methyl sites for hydroxylation is 1. The molecule has 0 amide bonds. The van der Waals surface area contributed by atoms with Crippen molar-refractivity contribution in [3.05, 3.63) is 36.0 Å². The van der Waals surface area contributed by atoms with Crippen LogP contribution < -0.4 is 5.32 Å². The Bertz CT molecular complexity index is 545. The van der Waals surface area contributed by atoms with Gasteiger partial charge < -0.3 is 14.6 Å². The van der Waals surface area contributed by atoms with Crippen LogP contribution in [0.3, 0.4) is 0 Å². The lowest BCUT2D eigenvalue weighted by molar-refractivity contribution is 0.191. The maximum absolute atomic E-state index is 5.10. The second kappa shape index (κ2) is 8.20. The largest absolute Gasteiger partial charge is 0.385 e. The quantitative estimate of drug-likeness (QED) is 0.710. The van der Waals surface area contributed by atoms with Gasteiger partial charge in [0.15, 0.2) is 0 Å². The van der Waals surface area contributed by atoms with E-state index in [0.29, 0.717) is 5.92 Å². The van der Waals surface area contributed by atoms with E-state index in [1.807, 2.05) is 0 Å². The van der Waals surface area contributed by atoms with Gasteiger partial charge in [-0.15, -0.1) is 0 Å². The molecule has 0 unspecified atom stereocenters. The summed E-state index contributed by atoms with van der Waals surface area (Å²) in [5.41, 5.74) is 2.69. The average molecular weight is 288 g/mol. The van der Waals surface area contributed by atoms with Crippen LogP contribution in [0.25, 0.3) is 10.9 Å². The van der Waals surface area contributed by atoms with Gasteiger partial charge in [0.2, 0.25) is 0 Å². The van der Waals surface area contributed by atoms with Crippen molar-refractivity contribution in [3.63, 3.8) is 0 Å². The zero-order chi connectivity index (χ0) is 15.1. The maximum atomic E-state index is 5.10. The fraction of sp³-hybridized carbons (Fsp3) is 0.556. The van der Waals surface area contributed by atoms with Gasteiger partial charge in [-0.05, 0) is 54.5 Å². The zero-order valence-corrected chi connectivity index (χ0v) is 13.6. The molecule has 0 bridgehead atoms. The topological polar surface area (TPSA) is 26.2 Å². The highest BCUT2D eigenvalue weighted by atomic mass is 16.5. The van der Waals surface area contributed by atoms with Crippen molar-refractivity contribution >= 4 is 10.9 Å². The molecule has 21 heavy (non-hydrogen) atoms. The lowest BCUT2D eigenvalue weighted by Crippen LogP contribution is -2.18. The van der Waals surface area contributed by atoms with E-state index in [4.69, 9.17) is 4.74 Å². The number of benzene rings is 1. The number of hydrogen-bond donors (Lipinski definition) is 1. The molecular weight excluding hydrogens is 260 g/mol. The standard InChI is InChI=1S/C18H28N2O/c1-15(2)13-19-14-16-6-7-18-17(12-16)8-10-20(18)9-4-5-11-21-3/h6-8,10,12,15,19H,4-5,9,11,13-14H2,1-3H3. The summed E-state index contributed by atoms with van der Waals surface area (Å²) in [5.74, 6) is 0.696. The molecule has 0 spiro atoms. The molecular formula is C18H28N2O. The Labute approximate surface area is 128 Å². The summed E-state index contributed by atoms with van der Waals surface area (Å²) in [6.45, 7) is 8.41. The number of unbranched alkanes of at least 4 members (excludes halogenated alkanes) is 1. The van der Waals surface area contributed by atoms with Crippen LogP contribution in [0.5, 0.6) is 0 Å². The fourth-order valence-corrected chi connectivity index (χ4v) is 2.59. The van der Waals surface area contributed by atoms with Crippen LogP contribution in [-0.2, 0) is 17.8 Å². The van der Waals surface area contributed by atoms with E-state index in [9.17, 15) is 0 Å². The Morgan fingerprint density at radius 2 is 2.05 bits per heavy atom. The van der Waals surface area contributed by atoms with Crippen molar-refractivity contribution in [2.75, 3.05) is 20.3 Å². The molecule has 1 N–H and O–H groups in total. The number of rotatable bonds is 9. The number of methoxy groups -OCH3 is 1. The molecule has 0 fully saturated rings. The number of aromatic nitrogens is 1. The van der Waals surface area contributed by atoms with Crippen LogP contribution in [0.2, 0.25) is 0 Å².